The van der Waals surface area contributed by atoms with Crippen molar-refractivity contribution in [3.8, 4) is 5.75 Å². The second-order valence-corrected chi connectivity index (χ2v) is 5.01. The number of nitrogens with zero attached hydrogens (tertiary/aromatic N) is 2. The van der Waals surface area contributed by atoms with Crippen LogP contribution in [0.5, 0.6) is 5.75 Å². The van der Waals surface area contributed by atoms with Gasteiger partial charge in [-0.2, -0.15) is 0 Å². The maximum absolute atomic E-state index is 5.75. The molecule has 1 aromatic carbocycles. The topological polar surface area (TPSA) is 52.5 Å². The molecule has 4 nitrogen and oxygen atoms in total. The molecule has 2 N–H and O–H groups in total. The van der Waals surface area contributed by atoms with Crippen molar-refractivity contribution in [2.75, 3.05) is 5.73 Å². The molecular weight excluding hydrogens is 246 g/mol. The average molecular weight is 259 g/mol. The van der Waals surface area contributed by atoms with Crippen LogP contribution >= 0.6 is 11.3 Å². The van der Waals surface area contributed by atoms with Crippen molar-refractivity contribution in [1.29, 1.82) is 0 Å². The summed E-state index contributed by atoms with van der Waals surface area (Å²) in [6.07, 6.45) is 3.98. The number of nitrogen functional groups attached to an aromatic ring is 1. The van der Waals surface area contributed by atoms with Crippen molar-refractivity contribution in [2.24, 2.45) is 0 Å². The van der Waals surface area contributed by atoms with E-state index in [1.807, 2.05) is 47.3 Å². The van der Waals surface area contributed by atoms with E-state index in [0.717, 1.165) is 27.7 Å². The Hall–Kier alpha value is -2.01. The highest BCUT2D eigenvalue weighted by Crippen LogP contribution is 2.21. The van der Waals surface area contributed by atoms with Gasteiger partial charge in [0.1, 0.15) is 12.4 Å². The standard InChI is InChI=1S/C13H13N3OS/c1-9-6-10(14)2-3-12(9)17-8-11-7-16-4-5-18-13(16)15-11/h2-7H,8,14H2,1H3. The summed E-state index contributed by atoms with van der Waals surface area (Å²) < 4.78 is 7.75. The Morgan fingerprint density at radius 2 is 2.33 bits per heavy atom. The fraction of sp³-hybridized carbons (Fsp3) is 0.154. The molecule has 0 amide bonds. The molecule has 0 bridgehead atoms. The Balaban J connectivity index is 1.76. The molecule has 0 fully saturated rings. The fourth-order valence-corrected chi connectivity index (χ4v) is 2.55. The smallest absolute Gasteiger partial charge is 0.193 e. The van der Waals surface area contributed by atoms with Gasteiger partial charge in [-0.15, -0.1) is 11.3 Å². The molecule has 0 unspecified atom stereocenters. The summed E-state index contributed by atoms with van der Waals surface area (Å²) in [5.41, 5.74) is 8.42. The molecule has 0 saturated heterocycles. The molecule has 3 aromatic rings. The molecule has 0 atom stereocenters. The van der Waals surface area contributed by atoms with Gasteiger partial charge in [0.05, 0.1) is 5.69 Å². The van der Waals surface area contributed by atoms with Crippen molar-refractivity contribution >= 4 is 22.0 Å². The zero-order chi connectivity index (χ0) is 12.5. The number of aryl methyl sites for hydroxylation is 1. The quantitative estimate of drug-likeness (QED) is 0.736. The number of benzene rings is 1. The van der Waals surface area contributed by atoms with Crippen LogP contribution in [0.15, 0.2) is 36.0 Å². The lowest BCUT2D eigenvalue weighted by Crippen LogP contribution is -1.98. The van der Waals surface area contributed by atoms with Crippen LogP contribution in [0.4, 0.5) is 5.69 Å². The largest absolute Gasteiger partial charge is 0.487 e. The van der Waals surface area contributed by atoms with Crippen LogP contribution in [-0.4, -0.2) is 9.38 Å². The van der Waals surface area contributed by atoms with E-state index in [0.29, 0.717) is 6.61 Å². The van der Waals surface area contributed by atoms with Gasteiger partial charge in [0.2, 0.25) is 0 Å². The number of hydrogen-bond acceptors (Lipinski definition) is 4. The van der Waals surface area contributed by atoms with Crippen LogP contribution in [0, 0.1) is 6.92 Å². The third kappa shape index (κ3) is 2.04. The molecule has 5 heteroatoms. The van der Waals surface area contributed by atoms with E-state index in [1.54, 1.807) is 11.3 Å². The van der Waals surface area contributed by atoms with E-state index in [2.05, 4.69) is 4.98 Å². The Morgan fingerprint density at radius 3 is 3.11 bits per heavy atom. The van der Waals surface area contributed by atoms with E-state index >= 15 is 0 Å². The molecule has 2 aromatic heterocycles. The van der Waals surface area contributed by atoms with Crippen LogP contribution in [0.3, 0.4) is 0 Å². The van der Waals surface area contributed by atoms with Gasteiger partial charge in [0.15, 0.2) is 4.96 Å². The van der Waals surface area contributed by atoms with E-state index in [-0.39, 0.29) is 0 Å². The first-order valence-electron chi connectivity index (χ1n) is 5.62. The number of anilines is 1. The van der Waals surface area contributed by atoms with Gasteiger partial charge in [0, 0.05) is 23.5 Å². The fourth-order valence-electron chi connectivity index (χ4n) is 1.83. The van der Waals surface area contributed by atoms with Crippen molar-refractivity contribution < 1.29 is 4.74 Å². The van der Waals surface area contributed by atoms with Crippen molar-refractivity contribution in [2.45, 2.75) is 13.5 Å². The molecule has 0 radical (unpaired) electrons. The highest BCUT2D eigenvalue weighted by atomic mass is 32.1. The maximum Gasteiger partial charge on any atom is 0.193 e. The first-order valence-corrected chi connectivity index (χ1v) is 6.50. The van der Waals surface area contributed by atoms with E-state index in [4.69, 9.17) is 10.5 Å². The number of hydrogen-bond donors (Lipinski definition) is 1. The van der Waals surface area contributed by atoms with Crippen molar-refractivity contribution in [3.05, 3.63) is 47.2 Å². The number of ether oxygens (including phenoxy) is 1. The van der Waals surface area contributed by atoms with Crippen LogP contribution in [-0.2, 0) is 6.61 Å². The normalized spacial score (nSPS) is 10.9. The third-order valence-electron chi connectivity index (χ3n) is 2.72. The SMILES string of the molecule is Cc1cc(N)ccc1OCc1cn2ccsc2n1. The molecule has 92 valence electrons. The first-order chi connectivity index (χ1) is 8.72. The number of thiazole rings is 1. The summed E-state index contributed by atoms with van der Waals surface area (Å²) in [4.78, 5) is 5.46. The lowest BCUT2D eigenvalue weighted by atomic mass is 10.2. The number of fused-ring (bicyclic) bond motifs is 1. The van der Waals surface area contributed by atoms with Gasteiger partial charge in [-0.3, -0.25) is 4.40 Å². The summed E-state index contributed by atoms with van der Waals surface area (Å²) in [7, 11) is 0. The number of imidazole rings is 1. The Bertz CT molecular complexity index is 658. The van der Waals surface area contributed by atoms with Gasteiger partial charge in [-0.25, -0.2) is 4.98 Å². The molecule has 0 aliphatic carbocycles. The van der Waals surface area contributed by atoms with Crippen LogP contribution in [0.1, 0.15) is 11.3 Å². The monoisotopic (exact) mass is 259 g/mol. The first kappa shape index (κ1) is 11.1. The summed E-state index contributed by atoms with van der Waals surface area (Å²) in [6.45, 7) is 2.45. The van der Waals surface area contributed by atoms with Gasteiger partial charge in [-0.1, -0.05) is 0 Å². The molecule has 0 saturated carbocycles. The summed E-state index contributed by atoms with van der Waals surface area (Å²) in [5, 5.41) is 2.01. The molecule has 0 aliphatic heterocycles. The second kappa shape index (κ2) is 4.34. The molecular formula is C13H13N3OS. The lowest BCUT2D eigenvalue weighted by molar-refractivity contribution is 0.300. The van der Waals surface area contributed by atoms with Crippen molar-refractivity contribution in [3.63, 3.8) is 0 Å². The zero-order valence-corrected chi connectivity index (χ0v) is 10.8. The molecule has 0 aliphatic rings. The highest BCUT2D eigenvalue weighted by molar-refractivity contribution is 7.15. The Kier molecular flexibility index (Phi) is 2.68. The van der Waals surface area contributed by atoms with Gasteiger partial charge < -0.3 is 10.5 Å². The number of nitrogens with two attached hydrogens (primary N) is 1. The minimum absolute atomic E-state index is 0.471. The van der Waals surface area contributed by atoms with E-state index < -0.39 is 0 Å². The zero-order valence-electron chi connectivity index (χ0n) is 9.96. The van der Waals surface area contributed by atoms with E-state index in [1.165, 1.54) is 0 Å². The summed E-state index contributed by atoms with van der Waals surface area (Å²) >= 11 is 1.61. The number of rotatable bonds is 3. The minimum atomic E-state index is 0.471. The van der Waals surface area contributed by atoms with Crippen LogP contribution in [0.2, 0.25) is 0 Å². The molecule has 0 spiro atoms. The van der Waals surface area contributed by atoms with Crippen LogP contribution in [0.25, 0.3) is 4.96 Å². The molecule has 2 heterocycles. The van der Waals surface area contributed by atoms with Gasteiger partial charge in [0.25, 0.3) is 0 Å². The third-order valence-corrected chi connectivity index (χ3v) is 3.49. The van der Waals surface area contributed by atoms with Crippen molar-refractivity contribution in [1.82, 2.24) is 9.38 Å². The second-order valence-electron chi connectivity index (χ2n) is 4.14. The Labute approximate surface area is 109 Å². The number of aromatic nitrogens is 2. The summed E-state index contributed by atoms with van der Waals surface area (Å²) in [5.74, 6) is 0.848. The average Bonchev–Trinajstić information content (AvgIpc) is 2.88. The lowest BCUT2D eigenvalue weighted by Gasteiger charge is -2.07. The van der Waals surface area contributed by atoms with Gasteiger partial charge >= 0.3 is 0 Å². The summed E-state index contributed by atoms with van der Waals surface area (Å²) in [6, 6.07) is 5.64. The highest BCUT2D eigenvalue weighted by Gasteiger charge is 2.05. The molecule has 3 rings (SSSR count). The Morgan fingerprint density at radius 1 is 1.44 bits per heavy atom. The predicted molar refractivity (Wildman–Crippen MR) is 73.0 cm³/mol. The van der Waals surface area contributed by atoms with Crippen LogP contribution < -0.4 is 10.5 Å². The molecule has 18 heavy (non-hydrogen) atoms. The minimum Gasteiger partial charge on any atom is -0.487 e. The van der Waals surface area contributed by atoms with Gasteiger partial charge in [-0.05, 0) is 30.7 Å². The van der Waals surface area contributed by atoms with E-state index in [9.17, 15) is 0 Å². The predicted octanol–water partition coefficient (Wildman–Crippen LogP) is 2.87. The maximum atomic E-state index is 5.75.